The molecule has 0 fully saturated rings. The van der Waals surface area contributed by atoms with E-state index in [4.69, 9.17) is 19.8 Å². The van der Waals surface area contributed by atoms with Crippen LogP contribution in [-0.4, -0.2) is 11.9 Å². The fraction of sp³-hybridized carbons (Fsp3) is 0.571. The van der Waals surface area contributed by atoms with E-state index < -0.39 is 11.9 Å². The molecule has 0 radical (unpaired) electrons. The zero-order valence-electron chi connectivity index (χ0n) is 12.1. The van der Waals surface area contributed by atoms with E-state index in [2.05, 4.69) is 51.4 Å². The molecule has 0 bridgehead atoms. The van der Waals surface area contributed by atoms with Crippen molar-refractivity contribution < 1.29 is 53.9 Å². The van der Waals surface area contributed by atoms with Gasteiger partial charge in [-0.05, 0) is 0 Å². The van der Waals surface area contributed by atoms with E-state index in [1.165, 1.54) is 0 Å². The van der Waals surface area contributed by atoms with Crippen molar-refractivity contribution in [1.82, 2.24) is 0 Å². The molecule has 122 valence electrons. The first-order chi connectivity index (χ1) is 8.47. The van der Waals surface area contributed by atoms with Gasteiger partial charge in [-0.3, -0.25) is 0 Å². The van der Waals surface area contributed by atoms with E-state index >= 15 is 0 Å². The molecule has 0 aliphatic rings. The summed E-state index contributed by atoms with van der Waals surface area (Å²) in [6.07, 6.45) is 3.98. The summed E-state index contributed by atoms with van der Waals surface area (Å²) in [5, 5.41) is 17.9. The Hall–Kier alpha value is -0.901. The van der Waals surface area contributed by atoms with E-state index in [9.17, 15) is 0 Å². The fourth-order valence-electron chi connectivity index (χ4n) is 0.500. The van der Waals surface area contributed by atoms with Crippen molar-refractivity contribution in [3.05, 3.63) is 0 Å². The normalized spacial score (nSPS) is 6.00. The number of carboxylic acids is 2. The number of carbonyl (C=O) groups is 2. The second kappa shape index (κ2) is 30.8. The molecule has 0 saturated heterocycles. The Kier molecular flexibility index (Phi) is 48.5. The van der Waals surface area contributed by atoms with Crippen LogP contribution in [0.15, 0.2) is 0 Å². The molecule has 0 aromatic rings. The molecule has 0 aromatic heterocycles. The summed E-state index contributed by atoms with van der Waals surface area (Å²) in [6.45, 7) is 8.23. The summed E-state index contributed by atoms with van der Waals surface area (Å²) in [4.78, 5) is 17.9. The van der Waals surface area contributed by atoms with Gasteiger partial charge in [0, 0.05) is 25.7 Å². The van der Waals surface area contributed by atoms with E-state index in [1.807, 2.05) is 0 Å². The maximum atomic E-state index is 8.93. The van der Waals surface area contributed by atoms with Gasteiger partial charge in [-0.25, -0.2) is 0 Å². The molecule has 0 heterocycles. The first-order valence-corrected chi connectivity index (χ1v) is 5.81. The van der Waals surface area contributed by atoms with Crippen molar-refractivity contribution in [3.8, 4) is 23.7 Å². The zero-order valence-corrected chi connectivity index (χ0v) is 13.9. The second-order valence-electron chi connectivity index (χ2n) is 2.70. The summed E-state index contributed by atoms with van der Waals surface area (Å²) >= 11 is 0. The SMILES string of the molecule is CCC#CCC.CCC#CCC.O=C([O-])C(=O)[O-].[Cu+].[Cu+]. The molecular formula is C14H20Cu2O4. The van der Waals surface area contributed by atoms with Crippen LogP contribution in [0.3, 0.4) is 0 Å². The van der Waals surface area contributed by atoms with Gasteiger partial charge in [-0.1, -0.05) is 27.7 Å². The molecule has 0 rings (SSSR count). The maximum Gasteiger partial charge on any atom is 1.00 e. The summed E-state index contributed by atoms with van der Waals surface area (Å²) in [5.41, 5.74) is 0. The molecule has 0 atom stereocenters. The third-order valence-electron chi connectivity index (χ3n) is 1.12. The van der Waals surface area contributed by atoms with Gasteiger partial charge in [0.2, 0.25) is 0 Å². The van der Waals surface area contributed by atoms with Gasteiger partial charge in [0.15, 0.2) is 0 Å². The Labute approximate surface area is 143 Å². The third-order valence-corrected chi connectivity index (χ3v) is 1.12. The molecule has 0 aliphatic carbocycles. The van der Waals surface area contributed by atoms with Crippen molar-refractivity contribution in [2.75, 3.05) is 0 Å². The monoisotopic (exact) mass is 378 g/mol. The molecule has 4 nitrogen and oxygen atoms in total. The minimum atomic E-state index is -2.19. The standard InChI is InChI=1S/2C6H10.C2H2O4.2Cu/c2*1-3-5-6-4-2;3-1(4)2(5)6;;/h2*3-4H2,1-2H3;(H,3,4)(H,5,6);;/q;;;2*+1/p-2. The van der Waals surface area contributed by atoms with E-state index in [0.717, 1.165) is 25.7 Å². The predicted octanol–water partition coefficient (Wildman–Crippen LogP) is 0.101. The van der Waals surface area contributed by atoms with Crippen LogP contribution in [0, 0.1) is 23.7 Å². The molecule has 0 spiro atoms. The molecule has 0 amide bonds. The van der Waals surface area contributed by atoms with E-state index in [1.54, 1.807) is 0 Å². The van der Waals surface area contributed by atoms with Gasteiger partial charge in [-0.2, -0.15) is 0 Å². The summed E-state index contributed by atoms with van der Waals surface area (Å²) in [6, 6.07) is 0. The number of aliphatic carboxylic acids is 2. The van der Waals surface area contributed by atoms with Crippen molar-refractivity contribution in [2.24, 2.45) is 0 Å². The summed E-state index contributed by atoms with van der Waals surface area (Å²) in [7, 11) is 0. The minimum Gasteiger partial charge on any atom is -0.543 e. The Morgan fingerprint density at radius 3 is 0.850 bits per heavy atom. The van der Waals surface area contributed by atoms with Crippen LogP contribution in [-0.2, 0) is 43.7 Å². The zero-order chi connectivity index (χ0) is 14.8. The fourth-order valence-corrected chi connectivity index (χ4v) is 0.500. The molecule has 0 aliphatic heterocycles. The summed E-state index contributed by atoms with van der Waals surface area (Å²) < 4.78 is 0. The van der Waals surface area contributed by atoms with Gasteiger partial charge < -0.3 is 19.8 Å². The number of hydrogen-bond donors (Lipinski definition) is 0. The minimum absolute atomic E-state index is 0. The number of carbonyl (C=O) groups excluding carboxylic acids is 2. The topological polar surface area (TPSA) is 80.3 Å². The van der Waals surface area contributed by atoms with Crippen molar-refractivity contribution in [3.63, 3.8) is 0 Å². The average molecular weight is 379 g/mol. The largest absolute Gasteiger partial charge is 1.00 e. The molecule has 0 N–H and O–H groups in total. The smallest absolute Gasteiger partial charge is 0.543 e. The predicted molar refractivity (Wildman–Crippen MR) is 66.7 cm³/mol. The van der Waals surface area contributed by atoms with E-state index in [-0.39, 0.29) is 34.1 Å². The van der Waals surface area contributed by atoms with Crippen LogP contribution in [0.25, 0.3) is 0 Å². The molecule has 0 saturated carbocycles. The van der Waals surface area contributed by atoms with Gasteiger partial charge in [-0.15, -0.1) is 23.7 Å². The van der Waals surface area contributed by atoms with Crippen LogP contribution in [0.2, 0.25) is 0 Å². The van der Waals surface area contributed by atoms with Crippen molar-refractivity contribution in [1.29, 1.82) is 0 Å². The van der Waals surface area contributed by atoms with Gasteiger partial charge in [0.25, 0.3) is 0 Å². The third kappa shape index (κ3) is 53.5. The van der Waals surface area contributed by atoms with Crippen LogP contribution < -0.4 is 10.2 Å². The molecule has 6 heteroatoms. The van der Waals surface area contributed by atoms with Crippen LogP contribution in [0.4, 0.5) is 0 Å². The molecule has 0 unspecified atom stereocenters. The van der Waals surface area contributed by atoms with Gasteiger partial charge in [0.1, 0.15) is 0 Å². The Bertz CT molecular complexity index is 283. The van der Waals surface area contributed by atoms with Crippen LogP contribution >= 0.6 is 0 Å². The number of hydrogen-bond acceptors (Lipinski definition) is 4. The Balaban J connectivity index is -0.0000000536. The number of carboxylic acid groups (broad SMARTS) is 2. The van der Waals surface area contributed by atoms with Crippen LogP contribution in [0.1, 0.15) is 53.4 Å². The first-order valence-electron chi connectivity index (χ1n) is 5.81. The number of rotatable bonds is 0. The van der Waals surface area contributed by atoms with E-state index in [0.29, 0.717) is 0 Å². The average Bonchev–Trinajstić information content (AvgIpc) is 2.35. The van der Waals surface area contributed by atoms with Crippen molar-refractivity contribution >= 4 is 11.9 Å². The Morgan fingerprint density at radius 1 is 0.650 bits per heavy atom. The summed E-state index contributed by atoms with van der Waals surface area (Å²) in [5.74, 6) is 7.42. The molecule has 0 aromatic carbocycles. The first kappa shape index (κ1) is 31.5. The van der Waals surface area contributed by atoms with Gasteiger partial charge in [0.05, 0.1) is 11.9 Å². The molecular weight excluding hydrogens is 359 g/mol. The maximum absolute atomic E-state index is 8.93. The van der Waals surface area contributed by atoms with Crippen molar-refractivity contribution in [2.45, 2.75) is 53.4 Å². The van der Waals surface area contributed by atoms with Gasteiger partial charge >= 0.3 is 34.1 Å². The molecule has 20 heavy (non-hydrogen) atoms. The van der Waals surface area contributed by atoms with Crippen LogP contribution in [0.5, 0.6) is 0 Å². The second-order valence-corrected chi connectivity index (χ2v) is 2.70. The quantitative estimate of drug-likeness (QED) is 0.340. The Morgan fingerprint density at radius 2 is 0.800 bits per heavy atom.